The van der Waals surface area contributed by atoms with Crippen LogP contribution in [0.25, 0.3) is 0 Å². The molecule has 1 heteroatoms. The normalized spacial score (nSPS) is 4.00. The molecule has 0 aliphatic rings. The maximum atomic E-state index is 6.20. The smallest absolute Gasteiger partial charge is 0 e. The Labute approximate surface area is 58.2 Å². The molecule has 0 atom stereocenters. The third kappa shape index (κ3) is 12.0. The van der Waals surface area contributed by atoms with E-state index < -0.39 is 0 Å². The minimum absolute atomic E-state index is 0. The van der Waals surface area contributed by atoms with E-state index in [0.29, 0.717) is 0 Å². The van der Waals surface area contributed by atoms with Crippen LogP contribution in [0.5, 0.6) is 0 Å². The minimum atomic E-state index is 0. The molecule has 5 heavy (non-hydrogen) atoms. The van der Waals surface area contributed by atoms with Crippen molar-refractivity contribution >= 4 is 0 Å². The summed E-state index contributed by atoms with van der Waals surface area (Å²) in [4.78, 5) is 0. The topological polar surface area (TPSA) is 0 Å². The fraction of sp³-hybridized carbons (Fsp3) is 0.500. The Kier molecular flexibility index (Phi) is 16.2. The van der Waals surface area contributed by atoms with Crippen LogP contribution in [0.1, 0.15) is 13.3 Å². The maximum Gasteiger partial charge on any atom is 0 e. The van der Waals surface area contributed by atoms with E-state index in [1.807, 2.05) is 6.92 Å². The molecule has 0 aromatic heterocycles. The van der Waals surface area contributed by atoms with E-state index in [9.17, 15) is 0 Å². The number of rotatable bonds is 0. The van der Waals surface area contributed by atoms with Gasteiger partial charge in [-0.3, -0.25) is 0 Å². The Morgan fingerprint density at radius 1 is 1.80 bits per heavy atom. The van der Waals surface area contributed by atoms with E-state index in [-0.39, 0.29) is 32.7 Å². The first-order valence-corrected chi connectivity index (χ1v) is 1.31. The monoisotopic (exact) mass is 142 g/mol. The molecule has 0 saturated carbocycles. The van der Waals surface area contributed by atoms with Gasteiger partial charge in [0, 0.05) is 32.7 Å². The van der Waals surface area contributed by atoms with Crippen molar-refractivity contribution in [2.75, 3.05) is 0 Å². The first-order chi connectivity index (χ1) is 1.91. The molecule has 0 heterocycles. The number of hydrogen-bond donors (Lipinski definition) is 0. The van der Waals surface area contributed by atoms with Crippen LogP contribution in [0.4, 0.5) is 0 Å². The van der Waals surface area contributed by atoms with E-state index in [1.54, 1.807) is 0 Å². The largest absolute Gasteiger partial charge is 0.694 e. The van der Waals surface area contributed by atoms with Gasteiger partial charge in [-0.1, -0.05) is 6.92 Å². The van der Waals surface area contributed by atoms with Crippen molar-refractivity contribution in [3.63, 3.8) is 0 Å². The molecule has 0 aliphatic carbocycles. The molecule has 0 aliphatic heterocycles. The van der Waals surface area contributed by atoms with Gasteiger partial charge in [0.1, 0.15) is 0 Å². The van der Waals surface area contributed by atoms with Crippen molar-refractivity contribution in [1.82, 2.24) is 0 Å². The Morgan fingerprint density at radius 2 is 2.00 bits per heavy atom. The van der Waals surface area contributed by atoms with Gasteiger partial charge >= 0.3 is 0 Å². The zero-order valence-corrected chi connectivity index (χ0v) is 6.12. The molecular weight excluding hydrogens is 137 g/mol. The van der Waals surface area contributed by atoms with E-state index in [0.717, 1.165) is 6.42 Å². The summed E-state index contributed by atoms with van der Waals surface area (Å²) < 4.78 is 0. The molecule has 0 nitrogen and oxygen atoms in total. The summed E-state index contributed by atoms with van der Waals surface area (Å²) in [6.45, 7) is 1.88. The maximum absolute atomic E-state index is 6.20. The zero-order valence-electron chi connectivity index (χ0n) is 3.28. The Balaban J connectivity index is 0. The van der Waals surface area contributed by atoms with Crippen molar-refractivity contribution in [2.45, 2.75) is 13.3 Å². The molecule has 0 unspecified atom stereocenters. The third-order valence-electron chi connectivity index (χ3n) is 0.177. The van der Waals surface area contributed by atoms with Crippen molar-refractivity contribution < 1.29 is 32.7 Å². The van der Waals surface area contributed by atoms with Gasteiger partial charge in [-0.15, -0.1) is 0 Å². The van der Waals surface area contributed by atoms with Crippen molar-refractivity contribution in [3.8, 4) is 5.92 Å². The van der Waals surface area contributed by atoms with E-state index in [2.05, 4.69) is 5.92 Å². The fourth-order valence-electron chi connectivity index (χ4n) is 0. The molecule has 0 amide bonds. The second-order valence-electron chi connectivity index (χ2n) is 0.530. The van der Waals surface area contributed by atoms with Crippen LogP contribution in [-0.2, 0) is 32.7 Å². The summed E-state index contributed by atoms with van der Waals surface area (Å²) in [6.07, 6.45) is 6.94. The van der Waals surface area contributed by atoms with Gasteiger partial charge in [-0.25, -0.2) is 0 Å². The molecule has 0 rings (SSSR count). The first-order valence-electron chi connectivity index (χ1n) is 1.31. The van der Waals surface area contributed by atoms with Crippen LogP contribution in [0, 0.1) is 12.3 Å². The zero-order chi connectivity index (χ0) is 3.41. The standard InChI is InChI=1S/C4H5.Y/c1-3-4-2;/h3H2,1H3;/q-1;. The van der Waals surface area contributed by atoms with Crippen LogP contribution in [-0.4, -0.2) is 0 Å². The SMILES string of the molecule is [C-]#CCC.[Y]. The van der Waals surface area contributed by atoms with Crippen LogP contribution in [0.3, 0.4) is 0 Å². The second-order valence-corrected chi connectivity index (χ2v) is 0.530. The van der Waals surface area contributed by atoms with Gasteiger partial charge in [0.25, 0.3) is 0 Å². The Hall–Kier alpha value is 0.664. The average Bonchev–Trinajstić information content (AvgIpc) is 1.37. The molecule has 0 spiro atoms. The fourth-order valence-corrected chi connectivity index (χ4v) is 0. The van der Waals surface area contributed by atoms with Crippen LogP contribution in [0.2, 0.25) is 0 Å². The Bertz CT molecular complexity index is 33.4. The van der Waals surface area contributed by atoms with Gasteiger partial charge < -0.3 is 12.3 Å². The van der Waals surface area contributed by atoms with Crippen LogP contribution >= 0.6 is 0 Å². The molecule has 0 bridgehead atoms. The molecule has 1 radical (unpaired) electrons. The second kappa shape index (κ2) is 8.82. The van der Waals surface area contributed by atoms with Gasteiger partial charge in [0.2, 0.25) is 0 Å². The number of hydrogen-bond acceptors (Lipinski definition) is 0. The molecule has 0 N–H and O–H groups in total. The third-order valence-corrected chi connectivity index (χ3v) is 0.177. The van der Waals surface area contributed by atoms with Crippen molar-refractivity contribution in [2.24, 2.45) is 0 Å². The summed E-state index contributed by atoms with van der Waals surface area (Å²) in [6, 6.07) is 0. The predicted octanol–water partition coefficient (Wildman–Crippen LogP) is 0.984. The van der Waals surface area contributed by atoms with Gasteiger partial charge in [-0.2, -0.15) is 0 Å². The molecule has 0 fully saturated rings. The Morgan fingerprint density at radius 3 is 2.00 bits per heavy atom. The first kappa shape index (κ1) is 9.18. The summed E-state index contributed by atoms with van der Waals surface area (Å²) in [5.74, 6) is 2.18. The molecule has 0 saturated heterocycles. The molecular formula is C4H5Y-. The van der Waals surface area contributed by atoms with Crippen LogP contribution in [0.15, 0.2) is 0 Å². The quantitative estimate of drug-likeness (QED) is 0.349. The molecule has 0 aromatic rings. The minimum Gasteiger partial charge on any atom is -0.694 e. The van der Waals surface area contributed by atoms with Gasteiger partial charge in [0.15, 0.2) is 0 Å². The summed E-state index contributed by atoms with van der Waals surface area (Å²) in [7, 11) is 0. The van der Waals surface area contributed by atoms with Crippen molar-refractivity contribution in [1.29, 1.82) is 0 Å². The summed E-state index contributed by atoms with van der Waals surface area (Å²) >= 11 is 0. The summed E-state index contributed by atoms with van der Waals surface area (Å²) in [5.41, 5.74) is 0. The van der Waals surface area contributed by atoms with E-state index in [4.69, 9.17) is 6.42 Å². The average molecular weight is 142 g/mol. The molecule has 0 aromatic carbocycles. The summed E-state index contributed by atoms with van der Waals surface area (Å²) in [5, 5.41) is 0. The van der Waals surface area contributed by atoms with Gasteiger partial charge in [0.05, 0.1) is 0 Å². The van der Waals surface area contributed by atoms with E-state index in [1.165, 1.54) is 0 Å². The molecule has 25 valence electrons. The predicted molar refractivity (Wildman–Crippen MR) is 17.4 cm³/mol. The van der Waals surface area contributed by atoms with Crippen molar-refractivity contribution in [3.05, 3.63) is 6.42 Å². The van der Waals surface area contributed by atoms with Gasteiger partial charge in [-0.05, 0) is 6.42 Å². The van der Waals surface area contributed by atoms with E-state index >= 15 is 0 Å². The van der Waals surface area contributed by atoms with Crippen LogP contribution < -0.4 is 0 Å².